The fourth-order valence-electron chi connectivity index (χ4n) is 2.05. The number of hydrogen-bond acceptors (Lipinski definition) is 1. The molecule has 0 aliphatic rings. The van der Waals surface area contributed by atoms with Crippen molar-refractivity contribution in [3.63, 3.8) is 0 Å². The van der Waals surface area contributed by atoms with Gasteiger partial charge in [0.15, 0.2) is 0 Å². The molecule has 0 aliphatic heterocycles. The van der Waals surface area contributed by atoms with Gasteiger partial charge in [0.2, 0.25) is 0 Å². The lowest BCUT2D eigenvalue weighted by atomic mass is 9.95. The van der Waals surface area contributed by atoms with Gasteiger partial charge in [-0.3, -0.25) is 0 Å². The van der Waals surface area contributed by atoms with Crippen LogP contribution in [0.5, 0.6) is 0 Å². The van der Waals surface area contributed by atoms with E-state index >= 15 is 0 Å². The molecule has 0 spiro atoms. The number of benzene rings is 2. The average Bonchev–Trinajstić information content (AvgIpc) is 2.40. The van der Waals surface area contributed by atoms with Crippen molar-refractivity contribution >= 4 is 15.9 Å². The van der Waals surface area contributed by atoms with Crippen LogP contribution in [-0.2, 0) is 6.18 Å². The molecule has 0 heterocycles. The van der Waals surface area contributed by atoms with Crippen LogP contribution in [0.25, 0.3) is 0 Å². The summed E-state index contributed by atoms with van der Waals surface area (Å²) in [5.41, 5.74) is -0.903. The predicted octanol–water partition coefficient (Wildman–Crippen LogP) is 5.00. The van der Waals surface area contributed by atoms with Crippen LogP contribution in [-0.4, -0.2) is 5.11 Å². The van der Waals surface area contributed by atoms with E-state index in [1.165, 1.54) is 18.2 Å². The van der Waals surface area contributed by atoms with Crippen LogP contribution in [0.15, 0.2) is 40.9 Å². The van der Waals surface area contributed by atoms with E-state index in [1.54, 1.807) is 6.92 Å². The minimum Gasteiger partial charge on any atom is -0.384 e. The quantitative estimate of drug-likeness (QED) is 0.745. The summed E-state index contributed by atoms with van der Waals surface area (Å²) in [6, 6.07) is 7.33. The normalized spacial score (nSPS) is 13.3. The molecule has 112 valence electrons. The fourth-order valence-corrected chi connectivity index (χ4v) is 2.41. The monoisotopic (exact) mass is 362 g/mol. The van der Waals surface area contributed by atoms with Gasteiger partial charge >= 0.3 is 6.18 Å². The first-order valence-electron chi connectivity index (χ1n) is 6.01. The van der Waals surface area contributed by atoms with Crippen molar-refractivity contribution in [2.45, 2.75) is 19.2 Å². The van der Waals surface area contributed by atoms with E-state index in [2.05, 4.69) is 15.9 Å². The van der Waals surface area contributed by atoms with Gasteiger partial charge in [-0.2, -0.15) is 13.2 Å². The number of alkyl halides is 3. The third-order valence-electron chi connectivity index (χ3n) is 3.06. The molecule has 0 aromatic heterocycles. The molecular weight excluding hydrogens is 352 g/mol. The van der Waals surface area contributed by atoms with Gasteiger partial charge in [-0.05, 0) is 30.7 Å². The molecule has 0 aliphatic carbocycles. The Balaban J connectivity index is 2.58. The largest absolute Gasteiger partial charge is 0.416 e. The molecule has 0 fully saturated rings. The van der Waals surface area contributed by atoms with Crippen molar-refractivity contribution in [1.29, 1.82) is 0 Å². The standard InChI is InChI=1S/C15H11BrF4O/c1-8-2-5-13(17)11(6-8)14(21)10-4-3-9(16)7-12(10)15(18,19)20/h2-7,14,21H,1H3. The summed E-state index contributed by atoms with van der Waals surface area (Å²) in [4.78, 5) is 0. The van der Waals surface area contributed by atoms with Crippen molar-refractivity contribution in [1.82, 2.24) is 0 Å². The smallest absolute Gasteiger partial charge is 0.384 e. The molecule has 2 aromatic rings. The first-order chi connectivity index (χ1) is 9.70. The van der Waals surface area contributed by atoms with Crippen LogP contribution in [0, 0.1) is 12.7 Å². The molecule has 1 nitrogen and oxygen atoms in total. The van der Waals surface area contributed by atoms with Crippen molar-refractivity contribution in [3.8, 4) is 0 Å². The Kier molecular flexibility index (Phi) is 4.39. The second kappa shape index (κ2) is 5.77. The van der Waals surface area contributed by atoms with Crippen molar-refractivity contribution in [2.75, 3.05) is 0 Å². The van der Waals surface area contributed by atoms with Crippen LogP contribution >= 0.6 is 15.9 Å². The highest BCUT2D eigenvalue weighted by molar-refractivity contribution is 9.10. The molecule has 0 amide bonds. The van der Waals surface area contributed by atoms with Crippen LogP contribution in [0.1, 0.15) is 28.4 Å². The first kappa shape index (κ1) is 16.0. The molecular formula is C15H11BrF4O. The summed E-state index contributed by atoms with van der Waals surface area (Å²) in [5, 5.41) is 10.2. The molecule has 2 rings (SSSR count). The predicted molar refractivity (Wildman–Crippen MR) is 74.3 cm³/mol. The van der Waals surface area contributed by atoms with E-state index in [9.17, 15) is 22.7 Å². The minimum atomic E-state index is -4.64. The zero-order valence-electron chi connectivity index (χ0n) is 10.9. The Hall–Kier alpha value is -1.40. The summed E-state index contributed by atoms with van der Waals surface area (Å²) in [5.74, 6) is -0.746. The Morgan fingerprint density at radius 1 is 1.05 bits per heavy atom. The average molecular weight is 363 g/mol. The molecule has 0 saturated heterocycles. The zero-order chi connectivity index (χ0) is 15.8. The van der Waals surface area contributed by atoms with Gasteiger partial charge in [-0.15, -0.1) is 0 Å². The second-order valence-corrected chi connectivity index (χ2v) is 5.57. The summed E-state index contributed by atoms with van der Waals surface area (Å²) in [7, 11) is 0. The van der Waals surface area contributed by atoms with Gasteiger partial charge in [-0.1, -0.05) is 39.7 Å². The molecule has 0 radical (unpaired) electrons. The number of aryl methyl sites for hydroxylation is 1. The Morgan fingerprint density at radius 3 is 2.33 bits per heavy atom. The summed E-state index contributed by atoms with van der Waals surface area (Å²) in [6.45, 7) is 1.67. The zero-order valence-corrected chi connectivity index (χ0v) is 12.5. The molecule has 1 atom stereocenters. The molecule has 6 heteroatoms. The summed E-state index contributed by atoms with van der Waals surface area (Å²) in [6.07, 6.45) is -6.32. The molecule has 0 bridgehead atoms. The summed E-state index contributed by atoms with van der Waals surface area (Å²) >= 11 is 2.96. The number of rotatable bonds is 2. The van der Waals surface area contributed by atoms with Crippen LogP contribution in [0.3, 0.4) is 0 Å². The van der Waals surface area contributed by atoms with Crippen molar-refractivity contribution < 1.29 is 22.7 Å². The van der Waals surface area contributed by atoms with E-state index in [4.69, 9.17) is 0 Å². The van der Waals surface area contributed by atoms with Gasteiger partial charge in [0.05, 0.1) is 5.56 Å². The Morgan fingerprint density at radius 2 is 1.71 bits per heavy atom. The van der Waals surface area contributed by atoms with E-state index in [0.29, 0.717) is 5.56 Å². The van der Waals surface area contributed by atoms with Crippen LogP contribution in [0.4, 0.5) is 17.6 Å². The number of hydrogen-bond donors (Lipinski definition) is 1. The lowest BCUT2D eigenvalue weighted by molar-refractivity contribution is -0.139. The van der Waals surface area contributed by atoms with Gasteiger partial charge in [-0.25, -0.2) is 4.39 Å². The van der Waals surface area contributed by atoms with Crippen LogP contribution in [0.2, 0.25) is 0 Å². The van der Waals surface area contributed by atoms with Gasteiger partial charge < -0.3 is 5.11 Å². The Labute approximate surface area is 127 Å². The van der Waals surface area contributed by atoms with Crippen molar-refractivity contribution in [2.24, 2.45) is 0 Å². The number of aliphatic hydroxyl groups excluding tert-OH is 1. The highest BCUT2D eigenvalue weighted by atomic mass is 79.9. The minimum absolute atomic E-state index is 0.178. The van der Waals surface area contributed by atoms with Crippen LogP contribution < -0.4 is 0 Å². The second-order valence-electron chi connectivity index (χ2n) is 4.66. The number of aliphatic hydroxyl groups is 1. The third-order valence-corrected chi connectivity index (χ3v) is 3.55. The van der Waals surface area contributed by atoms with E-state index < -0.39 is 23.7 Å². The molecule has 1 N–H and O–H groups in total. The lowest BCUT2D eigenvalue weighted by Gasteiger charge is -2.19. The molecule has 21 heavy (non-hydrogen) atoms. The maximum absolute atomic E-state index is 13.8. The lowest BCUT2D eigenvalue weighted by Crippen LogP contribution is -2.13. The molecule has 1 unspecified atom stereocenters. The van der Waals surface area contributed by atoms with Gasteiger partial charge in [0.1, 0.15) is 11.9 Å². The number of halogens is 5. The van der Waals surface area contributed by atoms with E-state index in [1.807, 2.05) is 0 Å². The van der Waals surface area contributed by atoms with Gasteiger partial charge in [0.25, 0.3) is 0 Å². The fraction of sp³-hybridized carbons (Fsp3) is 0.200. The molecule has 2 aromatic carbocycles. The highest BCUT2D eigenvalue weighted by Crippen LogP contribution is 2.38. The van der Waals surface area contributed by atoms with E-state index in [0.717, 1.165) is 18.2 Å². The molecule has 0 saturated carbocycles. The van der Waals surface area contributed by atoms with Crippen molar-refractivity contribution in [3.05, 3.63) is 68.9 Å². The topological polar surface area (TPSA) is 20.2 Å². The maximum Gasteiger partial charge on any atom is 0.416 e. The summed E-state index contributed by atoms with van der Waals surface area (Å²) < 4.78 is 53.2. The SMILES string of the molecule is Cc1ccc(F)c(C(O)c2ccc(Br)cc2C(F)(F)F)c1. The highest BCUT2D eigenvalue weighted by Gasteiger charge is 2.36. The maximum atomic E-state index is 13.8. The first-order valence-corrected chi connectivity index (χ1v) is 6.80. The third kappa shape index (κ3) is 3.44. The van der Waals surface area contributed by atoms with E-state index in [-0.39, 0.29) is 15.6 Å². The van der Waals surface area contributed by atoms with Gasteiger partial charge in [0, 0.05) is 10.0 Å². The Bertz CT molecular complexity index is 667.